The lowest BCUT2D eigenvalue weighted by atomic mass is 9.91. The molecule has 5 heteroatoms. The van der Waals surface area contributed by atoms with E-state index in [1.807, 2.05) is 7.05 Å². The molecule has 1 unspecified atom stereocenters. The Morgan fingerprint density at radius 2 is 2.21 bits per heavy atom. The molecule has 0 aromatic heterocycles. The van der Waals surface area contributed by atoms with Crippen LogP contribution in [0.3, 0.4) is 0 Å². The van der Waals surface area contributed by atoms with Crippen molar-refractivity contribution in [2.45, 2.75) is 24.8 Å². The number of carbonyl (C=O) groups is 2. The zero-order chi connectivity index (χ0) is 10.6. The summed E-state index contributed by atoms with van der Waals surface area (Å²) in [6.45, 7) is 1.59. The van der Waals surface area contributed by atoms with Gasteiger partial charge in [-0.05, 0) is 32.9 Å². The number of hydrogen-bond donors (Lipinski definition) is 2. The van der Waals surface area contributed by atoms with Gasteiger partial charge >= 0.3 is 5.97 Å². The van der Waals surface area contributed by atoms with Gasteiger partial charge in [0.25, 0.3) is 0 Å². The highest BCUT2D eigenvalue weighted by Crippen LogP contribution is 2.21. The van der Waals surface area contributed by atoms with Crippen molar-refractivity contribution in [2.75, 3.05) is 20.1 Å². The molecule has 1 amide bonds. The van der Waals surface area contributed by atoms with E-state index in [0.29, 0.717) is 25.8 Å². The van der Waals surface area contributed by atoms with Crippen molar-refractivity contribution in [3.05, 3.63) is 0 Å². The van der Waals surface area contributed by atoms with Gasteiger partial charge in [0.15, 0.2) is 0 Å². The molecule has 1 aliphatic rings. The van der Waals surface area contributed by atoms with Crippen molar-refractivity contribution in [1.82, 2.24) is 10.2 Å². The highest BCUT2D eigenvalue weighted by Gasteiger charge is 2.38. The molecule has 2 N–H and O–H groups in total. The summed E-state index contributed by atoms with van der Waals surface area (Å²) in [7, 11) is 1.96. The van der Waals surface area contributed by atoms with Crippen molar-refractivity contribution in [2.24, 2.45) is 0 Å². The molecule has 0 saturated carbocycles. The molecule has 1 atom stereocenters. The minimum absolute atomic E-state index is 0.470. The Labute approximate surface area is 83.1 Å². The zero-order valence-corrected chi connectivity index (χ0v) is 8.32. The number of carboxylic acids is 1. The highest BCUT2D eigenvalue weighted by molar-refractivity contribution is 5.81. The third-order valence-electron chi connectivity index (χ3n) is 2.81. The van der Waals surface area contributed by atoms with Gasteiger partial charge in [-0.15, -0.1) is 0 Å². The van der Waals surface area contributed by atoms with Gasteiger partial charge in [0, 0.05) is 6.54 Å². The largest absolute Gasteiger partial charge is 0.480 e. The van der Waals surface area contributed by atoms with Crippen molar-refractivity contribution in [3.8, 4) is 0 Å². The first-order chi connectivity index (χ1) is 6.60. The average molecular weight is 200 g/mol. The number of likely N-dealkylation sites (tertiary alicyclic amines) is 1. The van der Waals surface area contributed by atoms with Crippen LogP contribution in [0, 0.1) is 0 Å². The van der Waals surface area contributed by atoms with Crippen LogP contribution < -0.4 is 5.32 Å². The first kappa shape index (κ1) is 11.0. The third kappa shape index (κ3) is 2.23. The minimum atomic E-state index is -1.05. The molecule has 0 bridgehead atoms. The molecule has 1 aliphatic heterocycles. The molecule has 1 saturated heterocycles. The summed E-state index contributed by atoms with van der Waals surface area (Å²) in [5.74, 6) is -0.931. The van der Waals surface area contributed by atoms with Crippen LogP contribution in [0.25, 0.3) is 0 Å². The number of nitrogens with one attached hydrogen (secondary N) is 1. The first-order valence-electron chi connectivity index (χ1n) is 4.74. The van der Waals surface area contributed by atoms with E-state index in [1.54, 1.807) is 0 Å². The lowest BCUT2D eigenvalue weighted by molar-refractivity contribution is -0.146. The van der Waals surface area contributed by atoms with Gasteiger partial charge in [0.05, 0.1) is 0 Å². The van der Waals surface area contributed by atoms with Gasteiger partial charge in [0.2, 0.25) is 6.41 Å². The Morgan fingerprint density at radius 1 is 1.50 bits per heavy atom. The molecule has 0 spiro atoms. The Balaban J connectivity index is 2.75. The molecule has 0 aliphatic carbocycles. The topological polar surface area (TPSA) is 69.6 Å². The number of aliphatic carboxylic acids is 1. The van der Waals surface area contributed by atoms with Crippen molar-refractivity contribution in [1.29, 1.82) is 0 Å². The lowest BCUT2D eigenvalue weighted by Gasteiger charge is -2.26. The molecular weight excluding hydrogens is 184 g/mol. The van der Waals surface area contributed by atoms with Gasteiger partial charge < -0.3 is 15.3 Å². The van der Waals surface area contributed by atoms with E-state index in [1.165, 1.54) is 0 Å². The van der Waals surface area contributed by atoms with E-state index in [9.17, 15) is 9.59 Å². The predicted molar refractivity (Wildman–Crippen MR) is 50.9 cm³/mol. The molecule has 1 rings (SSSR count). The van der Waals surface area contributed by atoms with Gasteiger partial charge in [-0.3, -0.25) is 4.79 Å². The Kier molecular flexibility index (Phi) is 3.46. The number of amides is 1. The van der Waals surface area contributed by atoms with Crippen LogP contribution in [-0.4, -0.2) is 48.1 Å². The molecule has 14 heavy (non-hydrogen) atoms. The Hall–Kier alpha value is -1.10. The molecule has 1 heterocycles. The zero-order valence-electron chi connectivity index (χ0n) is 8.32. The van der Waals surface area contributed by atoms with Crippen LogP contribution in [0.15, 0.2) is 0 Å². The van der Waals surface area contributed by atoms with E-state index in [4.69, 9.17) is 5.11 Å². The van der Waals surface area contributed by atoms with Crippen LogP contribution in [0.5, 0.6) is 0 Å². The van der Waals surface area contributed by atoms with E-state index in [0.717, 1.165) is 13.0 Å². The normalized spacial score (nSPS) is 29.2. The highest BCUT2D eigenvalue weighted by atomic mass is 16.4. The minimum Gasteiger partial charge on any atom is -0.480 e. The smallest absolute Gasteiger partial charge is 0.329 e. The SMILES string of the molecule is CN1CCCC(NC=O)(C(=O)O)CC1. The maximum Gasteiger partial charge on any atom is 0.329 e. The van der Waals surface area contributed by atoms with Crippen molar-refractivity contribution < 1.29 is 14.7 Å². The standard InChI is InChI=1S/C9H16N2O3/c1-11-5-2-3-9(4-6-11,8(13)14)10-7-12/h7H,2-6H2,1H3,(H,10,12)(H,13,14). The van der Waals surface area contributed by atoms with E-state index < -0.39 is 11.5 Å². The third-order valence-corrected chi connectivity index (χ3v) is 2.81. The summed E-state index contributed by atoms with van der Waals surface area (Å²) in [6.07, 6.45) is 2.26. The molecule has 0 radical (unpaired) electrons. The van der Waals surface area contributed by atoms with Gasteiger partial charge in [-0.25, -0.2) is 4.79 Å². The summed E-state index contributed by atoms with van der Waals surface area (Å²) in [5.41, 5.74) is -1.05. The summed E-state index contributed by atoms with van der Waals surface area (Å²) in [5, 5.41) is 11.5. The molecule has 80 valence electrons. The van der Waals surface area contributed by atoms with Crippen LogP contribution >= 0.6 is 0 Å². The maximum atomic E-state index is 11.1. The van der Waals surface area contributed by atoms with Crippen LogP contribution in [-0.2, 0) is 9.59 Å². The van der Waals surface area contributed by atoms with Crippen LogP contribution in [0.2, 0.25) is 0 Å². The average Bonchev–Trinajstić information content (AvgIpc) is 2.30. The van der Waals surface area contributed by atoms with Crippen molar-refractivity contribution in [3.63, 3.8) is 0 Å². The molecule has 0 aromatic rings. The maximum absolute atomic E-state index is 11.1. The van der Waals surface area contributed by atoms with Crippen LogP contribution in [0.4, 0.5) is 0 Å². The lowest BCUT2D eigenvalue weighted by Crippen LogP contribution is -2.52. The van der Waals surface area contributed by atoms with Gasteiger partial charge in [-0.1, -0.05) is 0 Å². The van der Waals surface area contributed by atoms with E-state index in [-0.39, 0.29) is 0 Å². The summed E-state index contributed by atoms with van der Waals surface area (Å²) < 4.78 is 0. The van der Waals surface area contributed by atoms with E-state index >= 15 is 0 Å². The predicted octanol–water partition coefficient (Wildman–Crippen LogP) is -0.328. The Morgan fingerprint density at radius 3 is 2.79 bits per heavy atom. The second kappa shape index (κ2) is 4.41. The molecule has 1 fully saturated rings. The summed E-state index contributed by atoms with van der Waals surface area (Å²) in [6, 6.07) is 0. The monoisotopic (exact) mass is 200 g/mol. The van der Waals surface area contributed by atoms with Crippen molar-refractivity contribution >= 4 is 12.4 Å². The quantitative estimate of drug-likeness (QED) is 0.612. The first-order valence-corrected chi connectivity index (χ1v) is 4.74. The number of rotatable bonds is 3. The molecular formula is C9H16N2O3. The van der Waals surface area contributed by atoms with Crippen LogP contribution in [0.1, 0.15) is 19.3 Å². The Bertz CT molecular complexity index is 232. The molecule has 5 nitrogen and oxygen atoms in total. The fraction of sp³-hybridized carbons (Fsp3) is 0.778. The summed E-state index contributed by atoms with van der Waals surface area (Å²) >= 11 is 0. The number of carbonyl (C=O) groups excluding carboxylic acids is 1. The fourth-order valence-electron chi connectivity index (χ4n) is 1.80. The second-order valence-corrected chi connectivity index (χ2v) is 3.81. The van der Waals surface area contributed by atoms with Gasteiger partial charge in [0.1, 0.15) is 5.54 Å². The number of carboxylic acid groups (broad SMARTS) is 1. The fourth-order valence-corrected chi connectivity index (χ4v) is 1.80. The summed E-state index contributed by atoms with van der Waals surface area (Å²) in [4.78, 5) is 23.6. The van der Waals surface area contributed by atoms with E-state index in [2.05, 4.69) is 10.2 Å². The van der Waals surface area contributed by atoms with Gasteiger partial charge in [-0.2, -0.15) is 0 Å². The number of hydrogen-bond acceptors (Lipinski definition) is 3. The molecule has 0 aromatic carbocycles. The number of nitrogens with zero attached hydrogens (tertiary/aromatic N) is 1. The second-order valence-electron chi connectivity index (χ2n) is 3.81.